The first-order valence-corrected chi connectivity index (χ1v) is 9.98. The second-order valence-corrected chi connectivity index (χ2v) is 7.77. The molecule has 2 aliphatic rings. The smallest absolute Gasteiger partial charge is 0.293 e. The lowest BCUT2D eigenvalue weighted by Crippen LogP contribution is -2.39. The first kappa shape index (κ1) is 17.9. The summed E-state index contributed by atoms with van der Waals surface area (Å²) in [4.78, 5) is 27.0. The third-order valence-corrected chi connectivity index (χ3v) is 5.92. The van der Waals surface area contributed by atoms with E-state index >= 15 is 0 Å². The van der Waals surface area contributed by atoms with Gasteiger partial charge in [-0.15, -0.1) is 0 Å². The molecule has 6 heteroatoms. The number of hydrogen-bond acceptors (Lipinski definition) is 5. The Hall–Kier alpha value is -2.47. The van der Waals surface area contributed by atoms with Gasteiger partial charge < -0.3 is 9.15 Å². The maximum atomic E-state index is 12.7. The molecule has 1 saturated carbocycles. The predicted octanol–water partition coefficient (Wildman–Crippen LogP) is 5.32. The number of methoxy groups -OCH3 is 1. The van der Waals surface area contributed by atoms with Crippen LogP contribution in [0, 0.1) is 0 Å². The Bertz CT molecular complexity index is 878. The highest BCUT2D eigenvalue weighted by Crippen LogP contribution is 2.37. The second-order valence-electron chi connectivity index (χ2n) is 6.77. The Labute approximate surface area is 162 Å². The lowest BCUT2D eigenvalue weighted by Gasteiger charge is -2.28. The largest absolute Gasteiger partial charge is 0.497 e. The van der Waals surface area contributed by atoms with E-state index in [4.69, 9.17) is 9.15 Å². The number of carbonyl (C=O) groups is 2. The molecule has 1 aromatic heterocycles. The van der Waals surface area contributed by atoms with Crippen molar-refractivity contribution in [3.05, 3.63) is 47.1 Å². The number of rotatable bonds is 4. The van der Waals surface area contributed by atoms with Crippen molar-refractivity contribution >= 4 is 29.0 Å². The molecule has 5 nitrogen and oxygen atoms in total. The van der Waals surface area contributed by atoms with Gasteiger partial charge in [-0.3, -0.25) is 14.5 Å². The van der Waals surface area contributed by atoms with Gasteiger partial charge in [0.1, 0.15) is 17.3 Å². The van der Waals surface area contributed by atoms with Crippen LogP contribution in [0.4, 0.5) is 4.79 Å². The number of carbonyl (C=O) groups excluding carboxylic acids is 2. The van der Waals surface area contributed by atoms with Crippen molar-refractivity contribution in [3.63, 3.8) is 0 Å². The van der Waals surface area contributed by atoms with Gasteiger partial charge in [0.2, 0.25) is 0 Å². The van der Waals surface area contributed by atoms with E-state index in [9.17, 15) is 9.59 Å². The highest BCUT2D eigenvalue weighted by molar-refractivity contribution is 8.18. The number of ether oxygens (including phenoxy) is 1. The monoisotopic (exact) mass is 383 g/mol. The van der Waals surface area contributed by atoms with Crippen LogP contribution in [0.1, 0.15) is 37.9 Å². The van der Waals surface area contributed by atoms with E-state index in [1.54, 1.807) is 13.2 Å². The number of imide groups is 1. The summed E-state index contributed by atoms with van der Waals surface area (Å²) in [5.74, 6) is 1.85. The minimum atomic E-state index is -0.195. The molecule has 2 amide bonds. The van der Waals surface area contributed by atoms with Crippen molar-refractivity contribution < 1.29 is 18.7 Å². The average Bonchev–Trinajstić information content (AvgIpc) is 3.27. The summed E-state index contributed by atoms with van der Waals surface area (Å²) in [6, 6.07) is 11.3. The standard InChI is InChI=1S/C21H21NO4S/c1-25-16-9-7-14(8-10-16)18-12-11-17(26-18)13-19-20(23)22(21(24)27-19)15-5-3-2-4-6-15/h7-13,15H,2-6H2,1H3. The van der Waals surface area contributed by atoms with E-state index < -0.39 is 0 Å². The molecule has 1 aromatic carbocycles. The normalized spacial score (nSPS) is 19.9. The first-order valence-electron chi connectivity index (χ1n) is 9.17. The molecule has 0 radical (unpaired) electrons. The molecule has 4 rings (SSSR count). The lowest BCUT2D eigenvalue weighted by atomic mass is 9.94. The summed E-state index contributed by atoms with van der Waals surface area (Å²) >= 11 is 1.00. The van der Waals surface area contributed by atoms with E-state index in [-0.39, 0.29) is 17.2 Å². The van der Waals surface area contributed by atoms with Crippen molar-refractivity contribution in [2.24, 2.45) is 0 Å². The first-order chi connectivity index (χ1) is 13.2. The molecular weight excluding hydrogens is 362 g/mol. The summed E-state index contributed by atoms with van der Waals surface area (Å²) < 4.78 is 11.0. The Morgan fingerprint density at radius 2 is 1.81 bits per heavy atom. The van der Waals surface area contributed by atoms with Crippen molar-refractivity contribution in [1.29, 1.82) is 0 Å². The summed E-state index contributed by atoms with van der Waals surface area (Å²) in [6.45, 7) is 0. The van der Waals surface area contributed by atoms with E-state index in [0.29, 0.717) is 16.4 Å². The summed E-state index contributed by atoms with van der Waals surface area (Å²) in [6.07, 6.45) is 6.83. The van der Waals surface area contributed by atoms with E-state index in [0.717, 1.165) is 48.8 Å². The molecule has 2 aromatic rings. The molecule has 1 saturated heterocycles. The van der Waals surface area contributed by atoms with Crippen LogP contribution >= 0.6 is 11.8 Å². The molecule has 0 spiro atoms. The van der Waals surface area contributed by atoms with Gasteiger partial charge in [0, 0.05) is 17.7 Å². The highest BCUT2D eigenvalue weighted by atomic mass is 32.2. The molecule has 0 N–H and O–H groups in total. The van der Waals surface area contributed by atoms with Crippen LogP contribution in [0.2, 0.25) is 0 Å². The van der Waals surface area contributed by atoms with Gasteiger partial charge in [0.25, 0.3) is 11.1 Å². The zero-order valence-electron chi connectivity index (χ0n) is 15.1. The van der Waals surface area contributed by atoms with Crippen molar-refractivity contribution in [1.82, 2.24) is 4.90 Å². The molecule has 2 heterocycles. The Balaban J connectivity index is 1.52. The number of benzene rings is 1. The van der Waals surface area contributed by atoms with Gasteiger partial charge in [-0.05, 0) is 61.0 Å². The Kier molecular flexibility index (Phi) is 5.07. The van der Waals surface area contributed by atoms with Gasteiger partial charge >= 0.3 is 0 Å². The summed E-state index contributed by atoms with van der Waals surface area (Å²) in [5, 5.41) is -0.167. The Morgan fingerprint density at radius 3 is 2.52 bits per heavy atom. The molecule has 0 unspecified atom stereocenters. The van der Waals surface area contributed by atoms with Crippen LogP contribution in [0.5, 0.6) is 5.75 Å². The van der Waals surface area contributed by atoms with Gasteiger partial charge in [-0.2, -0.15) is 0 Å². The van der Waals surface area contributed by atoms with Crippen molar-refractivity contribution in [2.45, 2.75) is 38.1 Å². The van der Waals surface area contributed by atoms with E-state index in [2.05, 4.69) is 0 Å². The zero-order chi connectivity index (χ0) is 18.8. The van der Waals surface area contributed by atoms with Crippen LogP contribution < -0.4 is 4.74 Å². The Morgan fingerprint density at radius 1 is 1.07 bits per heavy atom. The fourth-order valence-electron chi connectivity index (χ4n) is 3.60. The molecule has 0 bridgehead atoms. The fourth-order valence-corrected chi connectivity index (χ4v) is 4.48. The second kappa shape index (κ2) is 7.64. The van der Waals surface area contributed by atoms with E-state index in [1.165, 1.54) is 11.3 Å². The molecule has 1 aliphatic carbocycles. The topological polar surface area (TPSA) is 59.8 Å². The maximum absolute atomic E-state index is 12.7. The van der Waals surface area contributed by atoms with Crippen LogP contribution in [-0.4, -0.2) is 29.2 Å². The quantitative estimate of drug-likeness (QED) is 0.668. The van der Waals surface area contributed by atoms with Crippen molar-refractivity contribution in [2.75, 3.05) is 7.11 Å². The van der Waals surface area contributed by atoms with E-state index in [1.807, 2.05) is 36.4 Å². The van der Waals surface area contributed by atoms with Crippen LogP contribution in [0.25, 0.3) is 17.4 Å². The van der Waals surface area contributed by atoms with Crippen LogP contribution in [0.3, 0.4) is 0 Å². The molecule has 27 heavy (non-hydrogen) atoms. The fraction of sp³-hybridized carbons (Fsp3) is 0.333. The minimum Gasteiger partial charge on any atom is -0.497 e. The number of amides is 2. The molecule has 2 fully saturated rings. The molecular formula is C21H21NO4S. The minimum absolute atomic E-state index is 0.0450. The van der Waals surface area contributed by atoms with Gasteiger partial charge in [-0.25, -0.2) is 0 Å². The molecule has 0 atom stereocenters. The van der Waals surface area contributed by atoms with Gasteiger partial charge in [0.05, 0.1) is 12.0 Å². The number of hydrogen-bond donors (Lipinski definition) is 0. The lowest BCUT2D eigenvalue weighted by molar-refractivity contribution is -0.124. The third-order valence-electron chi connectivity index (χ3n) is 5.04. The average molecular weight is 383 g/mol. The van der Waals surface area contributed by atoms with Crippen LogP contribution in [-0.2, 0) is 4.79 Å². The van der Waals surface area contributed by atoms with Gasteiger partial charge in [0.15, 0.2) is 0 Å². The zero-order valence-corrected chi connectivity index (χ0v) is 16.0. The SMILES string of the molecule is COc1ccc(-c2ccc(C=C3SC(=O)N(C4CCCCC4)C3=O)o2)cc1. The predicted molar refractivity (Wildman–Crippen MR) is 105 cm³/mol. The summed E-state index contributed by atoms with van der Waals surface area (Å²) in [5.41, 5.74) is 0.922. The van der Waals surface area contributed by atoms with Gasteiger partial charge in [-0.1, -0.05) is 19.3 Å². The third kappa shape index (κ3) is 3.67. The maximum Gasteiger partial charge on any atom is 0.293 e. The number of thioether (sulfide) groups is 1. The molecule has 1 aliphatic heterocycles. The number of nitrogens with zero attached hydrogens (tertiary/aromatic N) is 1. The number of furan rings is 1. The summed E-state index contributed by atoms with van der Waals surface area (Å²) in [7, 11) is 1.63. The highest BCUT2D eigenvalue weighted by Gasteiger charge is 2.40. The van der Waals surface area contributed by atoms with Crippen molar-refractivity contribution in [3.8, 4) is 17.1 Å². The molecule has 140 valence electrons. The van der Waals surface area contributed by atoms with Crippen LogP contribution in [0.15, 0.2) is 45.7 Å².